The molecule has 0 bridgehead atoms. The predicted octanol–water partition coefficient (Wildman–Crippen LogP) is 3.05. The van der Waals surface area contributed by atoms with E-state index >= 15 is 0 Å². The van der Waals surface area contributed by atoms with E-state index in [0.717, 1.165) is 21.5 Å². The molecule has 0 radical (unpaired) electrons. The Kier molecular flexibility index (Phi) is 4.04. The molecule has 5 heteroatoms. The summed E-state index contributed by atoms with van der Waals surface area (Å²) in [5, 5.41) is 3.28. The maximum absolute atomic E-state index is 5.86. The number of nitrogens with two attached hydrogens (primary N) is 1. The van der Waals surface area contributed by atoms with Crippen LogP contribution in [0.1, 0.15) is 5.56 Å². The van der Waals surface area contributed by atoms with Crippen molar-refractivity contribution in [3.63, 3.8) is 0 Å². The first kappa shape index (κ1) is 12.7. The molecular weight excluding hydrogens is 294 g/mol. The van der Waals surface area contributed by atoms with Crippen molar-refractivity contribution < 1.29 is 4.74 Å². The first-order valence-electron chi connectivity index (χ1n) is 5.46. The number of nitrogen functional groups attached to an aromatic ring is 1. The maximum Gasteiger partial charge on any atom is 0.119 e. The molecule has 0 unspecified atom stereocenters. The number of methoxy groups -OCH3 is 1. The molecule has 3 N–H and O–H groups in total. The highest BCUT2D eigenvalue weighted by atomic mass is 79.9. The normalized spacial score (nSPS) is 10.1. The van der Waals surface area contributed by atoms with Crippen molar-refractivity contribution in [1.29, 1.82) is 0 Å². The van der Waals surface area contributed by atoms with Crippen LogP contribution in [0, 0.1) is 0 Å². The first-order valence-corrected chi connectivity index (χ1v) is 6.26. The van der Waals surface area contributed by atoms with Crippen LogP contribution in [0.5, 0.6) is 5.75 Å². The number of benzene rings is 1. The van der Waals surface area contributed by atoms with E-state index in [1.54, 1.807) is 19.5 Å². The van der Waals surface area contributed by atoms with Gasteiger partial charge in [-0.1, -0.05) is 12.1 Å². The average Bonchev–Trinajstić information content (AvgIpc) is 2.38. The number of pyridine rings is 1. The van der Waals surface area contributed by atoms with Crippen LogP contribution in [0.25, 0.3) is 0 Å². The Labute approximate surface area is 114 Å². The molecule has 1 aromatic heterocycles. The minimum atomic E-state index is 0.618. The van der Waals surface area contributed by atoms with Crippen molar-refractivity contribution in [2.24, 2.45) is 0 Å². The molecule has 0 saturated carbocycles. The maximum atomic E-state index is 5.86. The monoisotopic (exact) mass is 307 g/mol. The van der Waals surface area contributed by atoms with Crippen LogP contribution in [0.4, 0.5) is 11.4 Å². The Balaban J connectivity index is 2.11. The largest absolute Gasteiger partial charge is 0.497 e. The van der Waals surface area contributed by atoms with Crippen molar-refractivity contribution in [3.8, 4) is 5.75 Å². The summed E-state index contributed by atoms with van der Waals surface area (Å²) in [6.07, 6.45) is 3.34. The van der Waals surface area contributed by atoms with Gasteiger partial charge in [-0.3, -0.25) is 4.98 Å². The third-order valence-electron chi connectivity index (χ3n) is 2.53. The predicted molar refractivity (Wildman–Crippen MR) is 76.7 cm³/mol. The van der Waals surface area contributed by atoms with Gasteiger partial charge in [-0.2, -0.15) is 0 Å². The number of hydrogen-bond donors (Lipinski definition) is 2. The van der Waals surface area contributed by atoms with Crippen LogP contribution in [0.3, 0.4) is 0 Å². The standard InChI is InChI=1S/C13H14BrN3O/c1-18-10-4-2-3-9(5-10)6-17-13-11(14)7-16-8-12(13)15/h2-5,7-8H,6,15H2,1H3,(H,16,17). The van der Waals surface area contributed by atoms with E-state index < -0.39 is 0 Å². The van der Waals surface area contributed by atoms with Crippen LogP contribution in [-0.4, -0.2) is 12.1 Å². The van der Waals surface area contributed by atoms with Crippen LogP contribution < -0.4 is 15.8 Å². The Hall–Kier alpha value is -1.75. The van der Waals surface area contributed by atoms with Gasteiger partial charge in [-0.15, -0.1) is 0 Å². The van der Waals surface area contributed by atoms with E-state index in [-0.39, 0.29) is 0 Å². The van der Waals surface area contributed by atoms with Gasteiger partial charge in [-0.05, 0) is 33.6 Å². The van der Waals surface area contributed by atoms with Crippen LogP contribution in [-0.2, 0) is 6.54 Å². The Bertz CT molecular complexity index is 525. The lowest BCUT2D eigenvalue weighted by molar-refractivity contribution is 0.414. The first-order chi connectivity index (χ1) is 8.70. The highest BCUT2D eigenvalue weighted by Gasteiger charge is 2.04. The van der Waals surface area contributed by atoms with Gasteiger partial charge in [0.2, 0.25) is 0 Å². The van der Waals surface area contributed by atoms with Gasteiger partial charge in [0.05, 0.1) is 29.2 Å². The third kappa shape index (κ3) is 2.92. The zero-order chi connectivity index (χ0) is 13.0. The Morgan fingerprint density at radius 2 is 2.22 bits per heavy atom. The fourth-order valence-electron chi connectivity index (χ4n) is 1.61. The fraction of sp³-hybridized carbons (Fsp3) is 0.154. The third-order valence-corrected chi connectivity index (χ3v) is 3.13. The summed E-state index contributed by atoms with van der Waals surface area (Å²) in [5.41, 5.74) is 8.46. The number of nitrogens with one attached hydrogen (secondary N) is 1. The van der Waals surface area contributed by atoms with Gasteiger partial charge in [-0.25, -0.2) is 0 Å². The molecule has 1 aromatic carbocycles. The number of rotatable bonds is 4. The van der Waals surface area contributed by atoms with Gasteiger partial charge in [0.25, 0.3) is 0 Å². The van der Waals surface area contributed by atoms with E-state index in [2.05, 4.69) is 26.2 Å². The lowest BCUT2D eigenvalue weighted by Crippen LogP contribution is -2.03. The van der Waals surface area contributed by atoms with Gasteiger partial charge < -0.3 is 15.8 Å². The number of halogens is 1. The number of ether oxygens (including phenoxy) is 1. The van der Waals surface area contributed by atoms with Crippen LogP contribution >= 0.6 is 15.9 Å². The molecule has 1 heterocycles. The second kappa shape index (κ2) is 5.73. The molecule has 0 spiro atoms. The average molecular weight is 308 g/mol. The highest BCUT2D eigenvalue weighted by Crippen LogP contribution is 2.27. The number of hydrogen-bond acceptors (Lipinski definition) is 4. The van der Waals surface area contributed by atoms with Gasteiger partial charge in [0, 0.05) is 12.7 Å². The van der Waals surface area contributed by atoms with Crippen LogP contribution in [0.2, 0.25) is 0 Å². The fourth-order valence-corrected chi connectivity index (χ4v) is 2.10. The molecule has 0 atom stereocenters. The van der Waals surface area contributed by atoms with Gasteiger partial charge in [0.15, 0.2) is 0 Å². The molecule has 2 rings (SSSR count). The molecule has 0 saturated heterocycles. The quantitative estimate of drug-likeness (QED) is 0.911. The number of aromatic nitrogens is 1. The van der Waals surface area contributed by atoms with Crippen molar-refractivity contribution in [2.75, 3.05) is 18.2 Å². The van der Waals surface area contributed by atoms with E-state index in [1.807, 2.05) is 24.3 Å². The van der Waals surface area contributed by atoms with Crippen molar-refractivity contribution in [2.45, 2.75) is 6.54 Å². The lowest BCUT2D eigenvalue weighted by Gasteiger charge is -2.11. The zero-order valence-electron chi connectivity index (χ0n) is 9.98. The molecule has 94 valence electrons. The molecule has 0 aliphatic carbocycles. The summed E-state index contributed by atoms with van der Waals surface area (Å²) in [4.78, 5) is 3.99. The number of anilines is 2. The Morgan fingerprint density at radius 1 is 1.39 bits per heavy atom. The summed E-state index contributed by atoms with van der Waals surface area (Å²) in [5.74, 6) is 0.844. The molecular formula is C13H14BrN3O. The molecule has 2 aromatic rings. The lowest BCUT2D eigenvalue weighted by atomic mass is 10.2. The van der Waals surface area contributed by atoms with E-state index in [1.165, 1.54) is 0 Å². The summed E-state index contributed by atoms with van der Waals surface area (Å²) >= 11 is 3.42. The van der Waals surface area contributed by atoms with E-state index in [9.17, 15) is 0 Å². The summed E-state index contributed by atoms with van der Waals surface area (Å²) < 4.78 is 6.03. The van der Waals surface area contributed by atoms with E-state index in [0.29, 0.717) is 12.2 Å². The zero-order valence-corrected chi connectivity index (χ0v) is 11.6. The summed E-state index contributed by atoms with van der Waals surface area (Å²) in [6, 6.07) is 7.89. The Morgan fingerprint density at radius 3 is 2.94 bits per heavy atom. The molecule has 18 heavy (non-hydrogen) atoms. The molecule has 0 aliphatic heterocycles. The van der Waals surface area contributed by atoms with Gasteiger partial charge in [0.1, 0.15) is 5.75 Å². The highest BCUT2D eigenvalue weighted by molar-refractivity contribution is 9.10. The molecule has 0 amide bonds. The SMILES string of the molecule is COc1cccc(CNc2c(N)cncc2Br)c1. The molecule has 4 nitrogen and oxygen atoms in total. The van der Waals surface area contributed by atoms with Crippen molar-refractivity contribution in [3.05, 3.63) is 46.7 Å². The minimum absolute atomic E-state index is 0.618. The minimum Gasteiger partial charge on any atom is -0.497 e. The second-order valence-electron chi connectivity index (χ2n) is 3.79. The van der Waals surface area contributed by atoms with Crippen molar-refractivity contribution in [1.82, 2.24) is 4.98 Å². The van der Waals surface area contributed by atoms with Gasteiger partial charge >= 0.3 is 0 Å². The smallest absolute Gasteiger partial charge is 0.119 e. The topological polar surface area (TPSA) is 60.2 Å². The summed E-state index contributed by atoms with van der Waals surface area (Å²) in [7, 11) is 1.66. The summed E-state index contributed by atoms with van der Waals surface area (Å²) in [6.45, 7) is 0.671. The van der Waals surface area contributed by atoms with Crippen LogP contribution in [0.15, 0.2) is 41.1 Å². The number of nitrogens with zero attached hydrogens (tertiary/aromatic N) is 1. The molecule has 0 aliphatic rings. The molecule has 0 fully saturated rings. The van der Waals surface area contributed by atoms with E-state index in [4.69, 9.17) is 10.5 Å². The van der Waals surface area contributed by atoms with Crippen molar-refractivity contribution >= 4 is 27.3 Å². The second-order valence-corrected chi connectivity index (χ2v) is 4.64.